The van der Waals surface area contributed by atoms with E-state index in [2.05, 4.69) is 43.0 Å². The van der Waals surface area contributed by atoms with Crippen molar-refractivity contribution in [3.05, 3.63) is 77.4 Å². The van der Waals surface area contributed by atoms with Crippen LogP contribution in [0.4, 0.5) is 0 Å². The van der Waals surface area contributed by atoms with E-state index in [1.54, 1.807) is 0 Å². The lowest BCUT2D eigenvalue weighted by Crippen LogP contribution is -1.94. The molecular weight excluding hydrogens is 244 g/mol. The molecule has 1 heteroatoms. The lowest BCUT2D eigenvalue weighted by molar-refractivity contribution is -0.107. The van der Waals surface area contributed by atoms with Crippen LogP contribution in [0.25, 0.3) is 5.57 Å². The number of rotatable bonds is 6. The topological polar surface area (TPSA) is 17.1 Å². The van der Waals surface area contributed by atoms with Crippen LogP contribution in [-0.2, 0) is 24.1 Å². The molecule has 0 unspecified atom stereocenters. The Kier molecular flexibility index (Phi) is 4.89. The Morgan fingerprint density at radius 2 is 1.60 bits per heavy atom. The molecule has 0 saturated carbocycles. The third-order valence-electron chi connectivity index (χ3n) is 3.43. The Labute approximate surface area is 121 Å². The molecular formula is C19H20O. The number of benzene rings is 2. The summed E-state index contributed by atoms with van der Waals surface area (Å²) in [6.45, 7) is 6.01. The summed E-state index contributed by atoms with van der Waals surface area (Å²) in [5, 5.41) is 0. The zero-order valence-corrected chi connectivity index (χ0v) is 11.9. The first-order valence-corrected chi connectivity index (χ1v) is 6.95. The second-order valence-corrected chi connectivity index (χ2v) is 5.17. The van der Waals surface area contributed by atoms with Crippen LogP contribution in [0, 0.1) is 0 Å². The molecule has 1 nitrogen and oxygen atoms in total. The van der Waals surface area contributed by atoms with E-state index in [9.17, 15) is 4.79 Å². The number of aldehydes is 1. The van der Waals surface area contributed by atoms with Crippen LogP contribution < -0.4 is 0 Å². The van der Waals surface area contributed by atoms with Crippen molar-refractivity contribution in [3.8, 4) is 0 Å². The molecule has 0 spiro atoms. The van der Waals surface area contributed by atoms with Crippen molar-refractivity contribution in [2.75, 3.05) is 0 Å². The van der Waals surface area contributed by atoms with Gasteiger partial charge in [0.25, 0.3) is 0 Å². The first kappa shape index (κ1) is 14.3. The van der Waals surface area contributed by atoms with Crippen LogP contribution in [0.2, 0.25) is 0 Å². The largest absolute Gasteiger partial charge is 0.303 e. The summed E-state index contributed by atoms with van der Waals surface area (Å²) in [5.41, 5.74) is 6.00. The summed E-state index contributed by atoms with van der Waals surface area (Å²) < 4.78 is 0. The van der Waals surface area contributed by atoms with Gasteiger partial charge in [-0.1, -0.05) is 60.7 Å². The van der Waals surface area contributed by atoms with Crippen molar-refractivity contribution in [2.45, 2.75) is 26.2 Å². The number of carbonyl (C=O) groups excluding carboxylic acids is 1. The van der Waals surface area contributed by atoms with Crippen molar-refractivity contribution in [2.24, 2.45) is 0 Å². The van der Waals surface area contributed by atoms with E-state index in [1.807, 2.05) is 19.1 Å². The predicted octanol–water partition coefficient (Wildman–Crippen LogP) is 4.25. The maximum absolute atomic E-state index is 10.6. The van der Waals surface area contributed by atoms with Gasteiger partial charge in [-0.15, -0.1) is 0 Å². The van der Waals surface area contributed by atoms with Gasteiger partial charge in [-0.3, -0.25) is 0 Å². The molecule has 0 aliphatic carbocycles. The van der Waals surface area contributed by atoms with Crippen LogP contribution in [0.1, 0.15) is 29.2 Å². The molecule has 0 aliphatic rings. The fraction of sp³-hybridized carbons (Fsp3) is 0.211. The van der Waals surface area contributed by atoms with Crippen LogP contribution in [0.5, 0.6) is 0 Å². The van der Waals surface area contributed by atoms with E-state index in [4.69, 9.17) is 0 Å². The average Bonchev–Trinajstić information content (AvgIpc) is 2.46. The molecule has 0 radical (unpaired) electrons. The lowest BCUT2D eigenvalue weighted by Gasteiger charge is -2.06. The molecule has 0 heterocycles. The Bertz CT molecular complexity index is 611. The van der Waals surface area contributed by atoms with Gasteiger partial charge >= 0.3 is 0 Å². The van der Waals surface area contributed by atoms with E-state index < -0.39 is 0 Å². The second-order valence-electron chi connectivity index (χ2n) is 5.17. The third kappa shape index (κ3) is 3.92. The van der Waals surface area contributed by atoms with E-state index in [1.165, 1.54) is 16.7 Å². The highest BCUT2D eigenvalue weighted by Crippen LogP contribution is 2.15. The monoisotopic (exact) mass is 264 g/mol. The van der Waals surface area contributed by atoms with Crippen molar-refractivity contribution in [3.63, 3.8) is 0 Å². The summed E-state index contributed by atoms with van der Waals surface area (Å²) in [6, 6.07) is 16.8. The van der Waals surface area contributed by atoms with E-state index in [0.717, 1.165) is 30.3 Å². The van der Waals surface area contributed by atoms with Gasteiger partial charge in [0.15, 0.2) is 0 Å². The molecule has 20 heavy (non-hydrogen) atoms. The Balaban J connectivity index is 2.04. The third-order valence-corrected chi connectivity index (χ3v) is 3.43. The molecule has 0 fully saturated rings. The maximum Gasteiger partial charge on any atom is 0.124 e. The standard InChI is InChI=1S/C19H20O/c1-15(2)19-8-4-7-17(14-19)10-9-16-5-3-6-18(13-16)11-12-20/h3-8,12-14H,1,9-11H2,2H3. The van der Waals surface area contributed by atoms with Gasteiger partial charge in [-0.25, -0.2) is 0 Å². The minimum Gasteiger partial charge on any atom is -0.303 e. The lowest BCUT2D eigenvalue weighted by atomic mass is 9.99. The van der Waals surface area contributed by atoms with Crippen molar-refractivity contribution >= 4 is 11.9 Å². The SMILES string of the molecule is C=C(C)c1cccc(CCc2cccc(CC=O)c2)c1. The fourth-order valence-corrected chi connectivity index (χ4v) is 2.29. The zero-order chi connectivity index (χ0) is 14.4. The zero-order valence-electron chi connectivity index (χ0n) is 11.9. The number of hydrogen-bond donors (Lipinski definition) is 0. The van der Waals surface area contributed by atoms with Crippen LogP contribution >= 0.6 is 0 Å². The molecule has 0 amide bonds. The highest BCUT2D eigenvalue weighted by molar-refractivity contribution is 5.61. The van der Waals surface area contributed by atoms with Gasteiger partial charge in [-0.2, -0.15) is 0 Å². The molecule has 0 N–H and O–H groups in total. The predicted molar refractivity (Wildman–Crippen MR) is 84.8 cm³/mol. The molecule has 102 valence electrons. The van der Waals surface area contributed by atoms with Gasteiger partial charge in [0.1, 0.15) is 6.29 Å². The van der Waals surface area contributed by atoms with E-state index >= 15 is 0 Å². The van der Waals surface area contributed by atoms with Crippen molar-refractivity contribution in [1.29, 1.82) is 0 Å². The minimum absolute atomic E-state index is 0.499. The highest BCUT2D eigenvalue weighted by Gasteiger charge is 2.00. The molecule has 2 aromatic carbocycles. The summed E-state index contributed by atoms with van der Waals surface area (Å²) in [4.78, 5) is 10.6. The Morgan fingerprint density at radius 3 is 2.25 bits per heavy atom. The molecule has 0 aromatic heterocycles. The van der Waals surface area contributed by atoms with Gasteiger partial charge < -0.3 is 4.79 Å². The van der Waals surface area contributed by atoms with Crippen LogP contribution in [-0.4, -0.2) is 6.29 Å². The molecule has 0 saturated heterocycles. The molecule has 0 bridgehead atoms. The van der Waals surface area contributed by atoms with Gasteiger partial charge in [0.2, 0.25) is 0 Å². The van der Waals surface area contributed by atoms with E-state index in [0.29, 0.717) is 6.42 Å². The van der Waals surface area contributed by atoms with Crippen LogP contribution in [0.3, 0.4) is 0 Å². The smallest absolute Gasteiger partial charge is 0.124 e. The summed E-state index contributed by atoms with van der Waals surface area (Å²) >= 11 is 0. The molecule has 2 aromatic rings. The Hall–Kier alpha value is -2.15. The summed E-state index contributed by atoms with van der Waals surface area (Å²) in [6.07, 6.45) is 3.45. The van der Waals surface area contributed by atoms with Gasteiger partial charge in [-0.05, 0) is 42.0 Å². The fourth-order valence-electron chi connectivity index (χ4n) is 2.29. The number of aryl methyl sites for hydroxylation is 2. The van der Waals surface area contributed by atoms with E-state index in [-0.39, 0.29) is 0 Å². The summed E-state index contributed by atoms with van der Waals surface area (Å²) in [5.74, 6) is 0. The quantitative estimate of drug-likeness (QED) is 0.713. The number of carbonyl (C=O) groups is 1. The van der Waals surface area contributed by atoms with Gasteiger partial charge in [0, 0.05) is 6.42 Å². The first-order valence-electron chi connectivity index (χ1n) is 6.95. The maximum atomic E-state index is 10.6. The van der Waals surface area contributed by atoms with Crippen molar-refractivity contribution in [1.82, 2.24) is 0 Å². The average molecular weight is 264 g/mol. The summed E-state index contributed by atoms with van der Waals surface area (Å²) in [7, 11) is 0. The minimum atomic E-state index is 0.499. The van der Waals surface area contributed by atoms with Crippen molar-refractivity contribution < 1.29 is 4.79 Å². The number of allylic oxidation sites excluding steroid dienone is 1. The highest BCUT2D eigenvalue weighted by atomic mass is 16.1. The second kappa shape index (κ2) is 6.85. The normalized spacial score (nSPS) is 10.2. The van der Waals surface area contributed by atoms with Crippen LogP contribution in [0.15, 0.2) is 55.1 Å². The molecule has 0 atom stereocenters. The van der Waals surface area contributed by atoms with Gasteiger partial charge in [0.05, 0.1) is 0 Å². The molecule has 0 aliphatic heterocycles. The first-order chi connectivity index (χ1) is 9.69. The molecule has 2 rings (SSSR count). The Morgan fingerprint density at radius 1 is 1.00 bits per heavy atom. The number of hydrogen-bond acceptors (Lipinski definition) is 1.